The van der Waals surface area contributed by atoms with Crippen LogP contribution >= 0.6 is 0 Å². The molecule has 0 aliphatic rings. The second-order valence-electron chi connectivity index (χ2n) is 4.85. The Kier molecular flexibility index (Phi) is 8.02. The van der Waals surface area contributed by atoms with E-state index in [0.29, 0.717) is 6.61 Å². The maximum absolute atomic E-state index is 9.75. The summed E-state index contributed by atoms with van der Waals surface area (Å²) >= 11 is 0. The van der Waals surface area contributed by atoms with E-state index >= 15 is 0 Å². The third-order valence-corrected chi connectivity index (χ3v) is 2.98. The molecule has 0 unspecified atom stereocenters. The van der Waals surface area contributed by atoms with E-state index in [0.717, 1.165) is 18.1 Å². The molecule has 2 nitrogen and oxygen atoms in total. The lowest BCUT2D eigenvalue weighted by atomic mass is 10.2. The number of nitrogens with zero attached hydrogens (tertiary/aromatic N) is 1. The van der Waals surface area contributed by atoms with Crippen LogP contribution in [-0.4, -0.2) is 24.3 Å². The number of halogens is 4. The van der Waals surface area contributed by atoms with Crippen LogP contribution < -0.4 is 0 Å². The first-order chi connectivity index (χ1) is 11.3. The minimum atomic E-state index is -6.00. The van der Waals surface area contributed by atoms with E-state index in [9.17, 15) is 17.3 Å². The minimum absolute atomic E-state index is 0.684. The zero-order valence-corrected chi connectivity index (χ0v) is 13.6. The molecule has 0 aliphatic carbocycles. The number of hydrogen-bond acceptors (Lipinski definition) is 1. The van der Waals surface area contributed by atoms with Gasteiger partial charge >= 0.3 is 13.2 Å². The lowest BCUT2D eigenvalue weighted by Crippen LogP contribution is -2.17. The number of benzene rings is 2. The third kappa shape index (κ3) is 8.36. The molecule has 0 amide bonds. The van der Waals surface area contributed by atoms with Crippen molar-refractivity contribution in [3.05, 3.63) is 66.2 Å². The summed E-state index contributed by atoms with van der Waals surface area (Å²) in [6.07, 6.45) is 0. The Hall–Kier alpha value is -2.31. The zero-order valence-electron chi connectivity index (χ0n) is 13.6. The molecule has 0 aliphatic heterocycles. The maximum Gasteiger partial charge on any atom is 0.673 e. The van der Waals surface area contributed by atoms with Gasteiger partial charge in [0.1, 0.15) is 0 Å². The molecular formula is C17H20BF4NO. The van der Waals surface area contributed by atoms with Crippen LogP contribution in [0.4, 0.5) is 23.0 Å². The van der Waals surface area contributed by atoms with Crippen LogP contribution in [0, 0.1) is 0 Å². The highest BCUT2D eigenvalue weighted by atomic mass is 19.5. The van der Waals surface area contributed by atoms with Gasteiger partial charge in [0.2, 0.25) is 5.69 Å². The van der Waals surface area contributed by atoms with Crippen LogP contribution in [0.1, 0.15) is 19.4 Å². The highest BCUT2D eigenvalue weighted by Crippen LogP contribution is 2.15. The highest BCUT2D eigenvalue weighted by molar-refractivity contribution is 6.50. The molecule has 0 spiro atoms. The largest absolute Gasteiger partial charge is 0.673 e. The Morgan fingerprint density at radius 3 is 1.83 bits per heavy atom. The number of rotatable bonds is 4. The molecule has 0 saturated carbocycles. The molecule has 2 aromatic carbocycles. The first kappa shape index (κ1) is 19.7. The maximum atomic E-state index is 9.75. The molecule has 24 heavy (non-hydrogen) atoms. The SMILES string of the molecule is CCOC(C)=[N+](Cc1ccccc1)c1ccccc1.F[B-](F)(F)F. The molecule has 7 heteroatoms. The monoisotopic (exact) mass is 341 g/mol. The van der Waals surface area contributed by atoms with Crippen molar-refractivity contribution in [3.63, 3.8) is 0 Å². The van der Waals surface area contributed by atoms with Crippen LogP contribution in [0.25, 0.3) is 0 Å². The average molecular weight is 341 g/mol. The van der Waals surface area contributed by atoms with Crippen molar-refractivity contribution in [2.24, 2.45) is 0 Å². The topological polar surface area (TPSA) is 12.2 Å². The van der Waals surface area contributed by atoms with Gasteiger partial charge in [0, 0.05) is 17.7 Å². The fourth-order valence-electron chi connectivity index (χ4n) is 2.05. The normalized spacial score (nSPS) is 11.9. The Morgan fingerprint density at radius 1 is 0.917 bits per heavy atom. The van der Waals surface area contributed by atoms with Crippen molar-refractivity contribution in [3.8, 4) is 0 Å². The van der Waals surface area contributed by atoms with E-state index in [1.54, 1.807) is 0 Å². The van der Waals surface area contributed by atoms with E-state index in [1.807, 2.05) is 38.1 Å². The lowest BCUT2D eigenvalue weighted by Gasteiger charge is -2.07. The minimum Gasteiger partial charge on any atom is -0.448 e. The molecule has 2 aromatic rings. The number of hydrogen-bond donors (Lipinski definition) is 0. The van der Waals surface area contributed by atoms with Gasteiger partial charge in [0.15, 0.2) is 6.54 Å². The highest BCUT2D eigenvalue weighted by Gasteiger charge is 2.20. The van der Waals surface area contributed by atoms with Gasteiger partial charge in [0.05, 0.1) is 13.5 Å². The quantitative estimate of drug-likeness (QED) is 0.242. The van der Waals surface area contributed by atoms with Gasteiger partial charge in [-0.2, -0.15) is 4.58 Å². The van der Waals surface area contributed by atoms with Gasteiger partial charge in [-0.25, -0.2) is 0 Å². The molecule has 0 atom stereocenters. The van der Waals surface area contributed by atoms with Crippen molar-refractivity contribution in [1.82, 2.24) is 0 Å². The van der Waals surface area contributed by atoms with E-state index in [-0.39, 0.29) is 0 Å². The van der Waals surface area contributed by atoms with Crippen LogP contribution in [0.3, 0.4) is 0 Å². The summed E-state index contributed by atoms with van der Waals surface area (Å²) in [7, 11) is -6.00. The molecule has 0 aromatic heterocycles. The summed E-state index contributed by atoms with van der Waals surface area (Å²) in [5.74, 6) is 0.928. The fourth-order valence-corrected chi connectivity index (χ4v) is 2.05. The molecule has 0 heterocycles. The van der Waals surface area contributed by atoms with Gasteiger partial charge in [-0.1, -0.05) is 48.5 Å². The van der Waals surface area contributed by atoms with E-state index in [4.69, 9.17) is 4.74 Å². The summed E-state index contributed by atoms with van der Waals surface area (Å²) in [6, 6.07) is 20.8. The van der Waals surface area contributed by atoms with Gasteiger partial charge < -0.3 is 22.0 Å². The second-order valence-corrected chi connectivity index (χ2v) is 4.85. The number of para-hydroxylation sites is 1. The summed E-state index contributed by atoms with van der Waals surface area (Å²) in [4.78, 5) is 0. The van der Waals surface area contributed by atoms with E-state index in [1.165, 1.54) is 5.56 Å². The summed E-state index contributed by atoms with van der Waals surface area (Å²) < 4.78 is 46.9. The Balaban J connectivity index is 0.000000505. The predicted octanol–water partition coefficient (Wildman–Crippen LogP) is 5.29. The standard InChI is InChI=1S/C17H20NO.BF4/c1-3-19-15(2)18(17-12-8-5-9-13-17)14-16-10-6-4-7-11-16;2-1(3,4)5/h4-13H,3,14H2,1-2H3;/q+1;-1. The number of ether oxygens (including phenoxy) is 1. The first-order valence-electron chi connectivity index (χ1n) is 7.51. The van der Waals surface area contributed by atoms with Crippen molar-refractivity contribution in [2.45, 2.75) is 20.4 Å². The van der Waals surface area contributed by atoms with Crippen molar-refractivity contribution >= 4 is 18.8 Å². The Labute approximate surface area is 139 Å². The molecule has 2 rings (SSSR count). The molecule has 0 N–H and O–H groups in total. The lowest BCUT2D eigenvalue weighted by molar-refractivity contribution is -0.468. The fraction of sp³-hybridized carbons (Fsp3) is 0.235. The summed E-state index contributed by atoms with van der Waals surface area (Å²) in [6.45, 7) is 5.52. The molecule has 0 radical (unpaired) electrons. The van der Waals surface area contributed by atoms with E-state index in [2.05, 4.69) is 41.0 Å². The van der Waals surface area contributed by atoms with E-state index < -0.39 is 7.25 Å². The van der Waals surface area contributed by atoms with Gasteiger partial charge in [-0.3, -0.25) is 0 Å². The van der Waals surface area contributed by atoms with Crippen LogP contribution in [0.15, 0.2) is 60.7 Å². The summed E-state index contributed by atoms with van der Waals surface area (Å²) in [5.41, 5.74) is 2.42. The predicted molar refractivity (Wildman–Crippen MR) is 89.0 cm³/mol. The van der Waals surface area contributed by atoms with Gasteiger partial charge in [-0.15, -0.1) is 0 Å². The van der Waals surface area contributed by atoms with Crippen molar-refractivity contribution in [2.75, 3.05) is 6.61 Å². The average Bonchev–Trinajstić information content (AvgIpc) is 2.53. The molecule has 0 fully saturated rings. The third-order valence-electron chi connectivity index (χ3n) is 2.98. The van der Waals surface area contributed by atoms with Crippen molar-refractivity contribution < 1.29 is 26.6 Å². The van der Waals surface area contributed by atoms with Crippen LogP contribution in [0.2, 0.25) is 0 Å². The molecule has 0 bridgehead atoms. The smallest absolute Gasteiger partial charge is 0.448 e. The summed E-state index contributed by atoms with van der Waals surface area (Å²) in [5, 5.41) is 0. The van der Waals surface area contributed by atoms with Gasteiger partial charge in [-0.05, 0) is 6.92 Å². The second kappa shape index (κ2) is 9.75. The van der Waals surface area contributed by atoms with Crippen LogP contribution in [0.5, 0.6) is 0 Å². The molecular weight excluding hydrogens is 321 g/mol. The molecule has 130 valence electrons. The van der Waals surface area contributed by atoms with Crippen molar-refractivity contribution in [1.29, 1.82) is 0 Å². The Morgan fingerprint density at radius 2 is 1.38 bits per heavy atom. The zero-order chi connectivity index (χ0) is 18.0. The Bertz CT molecular complexity index is 624. The van der Waals surface area contributed by atoms with Crippen LogP contribution in [-0.2, 0) is 11.3 Å². The first-order valence-corrected chi connectivity index (χ1v) is 7.51. The van der Waals surface area contributed by atoms with Gasteiger partial charge in [0.25, 0.3) is 0 Å². The molecule has 0 saturated heterocycles.